The minimum Gasteiger partial charge on any atom is -0.478 e. The molecule has 1 aliphatic rings. The molecule has 0 amide bonds. The smallest absolute Gasteiger partial charge is 0.173 e. The molecule has 1 aromatic heterocycles. The van der Waals surface area contributed by atoms with Crippen LogP contribution in [-0.4, -0.2) is 6.54 Å². The molecule has 3 rings (SSSR count). The fourth-order valence-corrected chi connectivity index (χ4v) is 2.14. The van der Waals surface area contributed by atoms with Crippen molar-refractivity contribution in [3.8, 4) is 5.75 Å². The van der Waals surface area contributed by atoms with Crippen LogP contribution in [0.2, 0.25) is 0 Å². The Labute approximate surface area is 100 Å². The molecule has 88 valence electrons. The summed E-state index contributed by atoms with van der Waals surface area (Å²) in [5.74, 6) is 2.69. The van der Waals surface area contributed by atoms with Crippen LogP contribution < -0.4 is 10.1 Å². The molecular weight excluding hydrogens is 214 g/mol. The van der Waals surface area contributed by atoms with Crippen molar-refractivity contribution in [3.63, 3.8) is 0 Å². The number of para-hydroxylation sites is 1. The fraction of sp³-hybridized carbons (Fsp3) is 0.286. The quantitative estimate of drug-likeness (QED) is 0.813. The van der Waals surface area contributed by atoms with Gasteiger partial charge in [-0.1, -0.05) is 12.1 Å². The summed E-state index contributed by atoms with van der Waals surface area (Å²) in [6.07, 6.45) is -0.0435. The highest BCUT2D eigenvalue weighted by atomic mass is 16.5. The zero-order valence-electron chi connectivity index (χ0n) is 9.99. The Bertz CT molecular complexity index is 545. The maximum atomic E-state index is 5.96. The molecule has 0 radical (unpaired) electrons. The summed E-state index contributed by atoms with van der Waals surface area (Å²) in [5.41, 5.74) is 2.30. The van der Waals surface area contributed by atoms with Gasteiger partial charge in [0.05, 0.1) is 12.2 Å². The highest BCUT2D eigenvalue weighted by Crippen LogP contribution is 2.36. The first kappa shape index (κ1) is 10.3. The van der Waals surface area contributed by atoms with Gasteiger partial charge in [-0.2, -0.15) is 0 Å². The second-order valence-corrected chi connectivity index (χ2v) is 4.38. The largest absolute Gasteiger partial charge is 0.478 e. The van der Waals surface area contributed by atoms with Crippen molar-refractivity contribution < 1.29 is 9.15 Å². The Morgan fingerprint density at radius 3 is 2.82 bits per heavy atom. The van der Waals surface area contributed by atoms with Crippen LogP contribution in [0.5, 0.6) is 5.75 Å². The molecule has 1 aromatic carbocycles. The molecule has 0 aliphatic carbocycles. The van der Waals surface area contributed by atoms with Crippen molar-refractivity contribution in [2.24, 2.45) is 0 Å². The van der Waals surface area contributed by atoms with Crippen LogP contribution in [0.1, 0.15) is 23.2 Å². The number of furan rings is 1. The Morgan fingerprint density at radius 1 is 1.18 bits per heavy atom. The molecule has 1 aliphatic heterocycles. The third kappa shape index (κ3) is 1.78. The predicted molar refractivity (Wildman–Crippen MR) is 66.5 cm³/mol. The van der Waals surface area contributed by atoms with E-state index in [2.05, 4.69) is 18.3 Å². The molecule has 3 heteroatoms. The van der Waals surface area contributed by atoms with Gasteiger partial charge >= 0.3 is 0 Å². The summed E-state index contributed by atoms with van der Waals surface area (Å²) in [7, 11) is 0. The van der Waals surface area contributed by atoms with Gasteiger partial charge in [-0.05, 0) is 37.6 Å². The van der Waals surface area contributed by atoms with Crippen LogP contribution in [-0.2, 0) is 0 Å². The molecule has 0 bridgehead atoms. The Hall–Kier alpha value is -1.90. The molecule has 2 heterocycles. The van der Waals surface area contributed by atoms with Gasteiger partial charge in [0, 0.05) is 0 Å². The Kier molecular flexibility index (Phi) is 2.32. The van der Waals surface area contributed by atoms with Crippen LogP contribution >= 0.6 is 0 Å². The maximum Gasteiger partial charge on any atom is 0.173 e. The molecule has 0 saturated carbocycles. The summed E-state index contributed by atoms with van der Waals surface area (Å²) < 4.78 is 11.6. The number of hydrogen-bond donors (Lipinski definition) is 1. The molecule has 0 saturated heterocycles. The van der Waals surface area contributed by atoms with Gasteiger partial charge in [-0.3, -0.25) is 0 Å². The molecular formula is C14H15NO2. The van der Waals surface area contributed by atoms with E-state index in [0.717, 1.165) is 29.5 Å². The number of rotatable bonds is 1. The lowest BCUT2D eigenvalue weighted by Crippen LogP contribution is -2.23. The van der Waals surface area contributed by atoms with Crippen molar-refractivity contribution in [1.29, 1.82) is 0 Å². The molecule has 0 fully saturated rings. The number of aryl methyl sites for hydroxylation is 2. The van der Waals surface area contributed by atoms with Crippen molar-refractivity contribution >= 4 is 5.69 Å². The summed E-state index contributed by atoms with van der Waals surface area (Å²) in [4.78, 5) is 0. The number of anilines is 1. The van der Waals surface area contributed by atoms with Crippen LogP contribution in [0, 0.1) is 13.8 Å². The number of fused-ring (bicyclic) bond motifs is 1. The van der Waals surface area contributed by atoms with E-state index in [1.807, 2.05) is 31.2 Å². The number of hydrogen-bond acceptors (Lipinski definition) is 3. The first-order chi connectivity index (χ1) is 8.24. The van der Waals surface area contributed by atoms with E-state index in [1.54, 1.807) is 0 Å². The predicted octanol–water partition coefficient (Wildman–Crippen LogP) is 3.44. The van der Waals surface area contributed by atoms with Gasteiger partial charge in [0.25, 0.3) is 0 Å². The van der Waals surface area contributed by atoms with E-state index in [1.165, 1.54) is 5.56 Å². The molecule has 2 aromatic rings. The first-order valence-corrected chi connectivity index (χ1v) is 5.80. The molecule has 1 unspecified atom stereocenters. The van der Waals surface area contributed by atoms with E-state index in [4.69, 9.17) is 9.15 Å². The van der Waals surface area contributed by atoms with E-state index < -0.39 is 0 Å². The average Bonchev–Trinajstić information content (AvgIpc) is 2.76. The zero-order chi connectivity index (χ0) is 11.8. The molecule has 17 heavy (non-hydrogen) atoms. The van der Waals surface area contributed by atoms with E-state index >= 15 is 0 Å². The van der Waals surface area contributed by atoms with Gasteiger partial charge in [-0.25, -0.2) is 0 Å². The second kappa shape index (κ2) is 3.84. The number of ether oxygens (including phenoxy) is 1. The van der Waals surface area contributed by atoms with E-state index in [-0.39, 0.29) is 6.10 Å². The minimum absolute atomic E-state index is 0.0435. The minimum atomic E-state index is -0.0435. The Balaban J connectivity index is 1.90. The van der Waals surface area contributed by atoms with Gasteiger partial charge in [-0.15, -0.1) is 0 Å². The van der Waals surface area contributed by atoms with Gasteiger partial charge < -0.3 is 14.5 Å². The lowest BCUT2D eigenvalue weighted by molar-refractivity contribution is 0.179. The van der Waals surface area contributed by atoms with Crippen molar-refractivity contribution in [3.05, 3.63) is 47.4 Å². The standard InChI is InChI=1S/C14H15NO2/c1-9-4-3-5-12-14(9)15-8-13(17-12)11-7-6-10(2)16-11/h3-7,13,15H,8H2,1-2H3. The highest BCUT2D eigenvalue weighted by molar-refractivity contribution is 5.63. The van der Waals surface area contributed by atoms with Crippen molar-refractivity contribution in [2.45, 2.75) is 20.0 Å². The molecule has 0 spiro atoms. The van der Waals surface area contributed by atoms with Crippen molar-refractivity contribution in [1.82, 2.24) is 0 Å². The highest BCUT2D eigenvalue weighted by Gasteiger charge is 2.23. The maximum absolute atomic E-state index is 5.96. The van der Waals surface area contributed by atoms with Gasteiger partial charge in [0.1, 0.15) is 17.3 Å². The number of nitrogens with one attached hydrogen (secondary N) is 1. The third-order valence-electron chi connectivity index (χ3n) is 3.05. The van der Waals surface area contributed by atoms with Gasteiger partial charge in [0.2, 0.25) is 0 Å². The summed E-state index contributed by atoms with van der Waals surface area (Å²) in [6, 6.07) is 10.0. The third-order valence-corrected chi connectivity index (χ3v) is 3.05. The molecule has 1 atom stereocenters. The first-order valence-electron chi connectivity index (χ1n) is 5.80. The van der Waals surface area contributed by atoms with Crippen LogP contribution in [0.15, 0.2) is 34.7 Å². The summed E-state index contributed by atoms with van der Waals surface area (Å²) in [6.45, 7) is 4.76. The molecule has 3 nitrogen and oxygen atoms in total. The van der Waals surface area contributed by atoms with E-state index in [0.29, 0.717) is 0 Å². The lowest BCUT2D eigenvalue weighted by Gasteiger charge is -2.27. The SMILES string of the molecule is Cc1ccc(C2CNc3c(C)cccc3O2)o1. The zero-order valence-corrected chi connectivity index (χ0v) is 9.99. The van der Waals surface area contributed by atoms with Crippen molar-refractivity contribution in [2.75, 3.05) is 11.9 Å². The van der Waals surface area contributed by atoms with Crippen LogP contribution in [0.3, 0.4) is 0 Å². The fourth-order valence-electron chi connectivity index (χ4n) is 2.14. The van der Waals surface area contributed by atoms with Gasteiger partial charge in [0.15, 0.2) is 6.10 Å². The van der Waals surface area contributed by atoms with E-state index in [9.17, 15) is 0 Å². The summed E-state index contributed by atoms with van der Waals surface area (Å²) in [5, 5.41) is 3.40. The normalized spacial score (nSPS) is 18.1. The Morgan fingerprint density at radius 2 is 2.06 bits per heavy atom. The second-order valence-electron chi connectivity index (χ2n) is 4.38. The van der Waals surface area contributed by atoms with Crippen LogP contribution in [0.25, 0.3) is 0 Å². The van der Waals surface area contributed by atoms with Crippen LogP contribution in [0.4, 0.5) is 5.69 Å². The average molecular weight is 229 g/mol. The number of benzene rings is 1. The molecule has 1 N–H and O–H groups in total. The monoisotopic (exact) mass is 229 g/mol. The lowest BCUT2D eigenvalue weighted by atomic mass is 10.1. The topological polar surface area (TPSA) is 34.4 Å². The summed E-state index contributed by atoms with van der Waals surface area (Å²) >= 11 is 0.